The van der Waals surface area contributed by atoms with Crippen LogP contribution >= 0.6 is 0 Å². The first-order valence-corrected chi connectivity index (χ1v) is 17.4. The minimum Gasteiger partial charge on any atom is -0.497 e. The van der Waals surface area contributed by atoms with Crippen molar-refractivity contribution in [1.82, 2.24) is 19.2 Å². The number of sulfonamides is 1. The molecule has 10 heteroatoms. The Hall–Kier alpha value is -3.21. The summed E-state index contributed by atoms with van der Waals surface area (Å²) < 4.78 is 41.0. The lowest BCUT2D eigenvalue weighted by Gasteiger charge is -2.48. The zero-order chi connectivity index (χ0) is 30.7. The number of benzene rings is 2. The van der Waals surface area contributed by atoms with Gasteiger partial charge in [-0.1, -0.05) is 36.8 Å². The van der Waals surface area contributed by atoms with Crippen LogP contribution in [0.1, 0.15) is 61.6 Å². The van der Waals surface area contributed by atoms with Gasteiger partial charge in [0.15, 0.2) is 0 Å². The van der Waals surface area contributed by atoms with Gasteiger partial charge in [0.2, 0.25) is 10.0 Å². The Balaban J connectivity index is 1.14. The molecule has 236 valence electrons. The van der Waals surface area contributed by atoms with E-state index in [4.69, 9.17) is 14.5 Å². The summed E-state index contributed by atoms with van der Waals surface area (Å²) >= 11 is 0. The minimum atomic E-state index is -3.72. The lowest BCUT2D eigenvalue weighted by molar-refractivity contribution is 0.0846. The molecule has 3 aromatic rings. The number of ether oxygens (including phenoxy) is 2. The largest absolute Gasteiger partial charge is 0.497 e. The molecular weight excluding hydrogens is 574 g/mol. The number of aryl methyl sites for hydroxylation is 2. The van der Waals surface area contributed by atoms with Gasteiger partial charge in [-0.15, -0.1) is 0 Å². The smallest absolute Gasteiger partial charge is 0.318 e. The molecule has 0 aliphatic carbocycles. The van der Waals surface area contributed by atoms with E-state index in [2.05, 4.69) is 45.1 Å². The highest BCUT2D eigenvalue weighted by molar-refractivity contribution is 7.89. The summed E-state index contributed by atoms with van der Waals surface area (Å²) in [6.45, 7) is 8.45. The molecular formula is C34H45N5O4S. The second-order valence-corrected chi connectivity index (χ2v) is 14.3. The molecule has 4 heterocycles. The number of nitrogens with zero attached hydrogens (tertiary/aromatic N) is 5. The van der Waals surface area contributed by atoms with Crippen molar-refractivity contribution in [3.8, 4) is 11.8 Å². The summed E-state index contributed by atoms with van der Waals surface area (Å²) in [5, 5.41) is 0. The number of anilines is 1. The van der Waals surface area contributed by atoms with Crippen molar-refractivity contribution < 1.29 is 17.9 Å². The van der Waals surface area contributed by atoms with E-state index in [1.54, 1.807) is 29.7 Å². The lowest BCUT2D eigenvalue weighted by Crippen LogP contribution is -2.52. The van der Waals surface area contributed by atoms with Gasteiger partial charge in [-0.2, -0.15) is 9.29 Å². The second kappa shape index (κ2) is 13.0. The standard InChI is InChI=1S/C34H45N5O4S/c1-26-23-30(42-3)24-27(2)32(26)44(40,41)39-20-8-7-13-29(39)25-43-33-35-17-14-31(36-33)37-21-15-34(16-22-37,38-18-9-10-19-38)28-11-5-4-6-12-28/h4-6,11-12,14,17,23-24,29H,7-10,13,15-16,18-22,25H2,1-3H3. The van der Waals surface area contributed by atoms with Crippen LogP contribution in [0.4, 0.5) is 5.82 Å². The van der Waals surface area contributed by atoms with E-state index in [0.717, 1.165) is 64.1 Å². The van der Waals surface area contributed by atoms with Gasteiger partial charge in [-0.25, -0.2) is 13.4 Å². The highest BCUT2D eigenvalue weighted by Gasteiger charge is 2.42. The van der Waals surface area contributed by atoms with Crippen LogP contribution in [0, 0.1) is 13.8 Å². The number of methoxy groups -OCH3 is 1. The summed E-state index contributed by atoms with van der Waals surface area (Å²) in [6, 6.07) is 16.5. The normalized spacial score (nSPS) is 21.3. The summed E-state index contributed by atoms with van der Waals surface area (Å²) in [5.74, 6) is 1.51. The molecule has 0 bridgehead atoms. The van der Waals surface area contributed by atoms with Crippen LogP contribution in [-0.4, -0.2) is 80.1 Å². The first-order valence-electron chi connectivity index (χ1n) is 16.0. The molecule has 1 unspecified atom stereocenters. The molecule has 44 heavy (non-hydrogen) atoms. The Labute approximate surface area is 262 Å². The summed E-state index contributed by atoms with van der Waals surface area (Å²) in [6.07, 6.45) is 8.87. The van der Waals surface area contributed by atoms with Crippen LogP contribution in [0.15, 0.2) is 59.6 Å². The maximum atomic E-state index is 13.9. The number of hydrogen-bond acceptors (Lipinski definition) is 8. The molecule has 0 spiro atoms. The molecule has 0 saturated carbocycles. The third-order valence-electron chi connectivity index (χ3n) is 9.77. The van der Waals surface area contributed by atoms with Gasteiger partial charge < -0.3 is 14.4 Å². The van der Waals surface area contributed by atoms with Gasteiger partial charge in [0.1, 0.15) is 18.2 Å². The van der Waals surface area contributed by atoms with Crippen LogP contribution < -0.4 is 14.4 Å². The van der Waals surface area contributed by atoms with Crippen LogP contribution in [-0.2, 0) is 15.6 Å². The van der Waals surface area contributed by atoms with Crippen molar-refractivity contribution in [2.75, 3.05) is 51.3 Å². The molecule has 0 radical (unpaired) electrons. The SMILES string of the molecule is COc1cc(C)c(S(=O)(=O)N2CCCCC2COc2nccc(N3CCC(c4ccccc4)(N4CCCC4)CC3)n2)c(C)c1. The van der Waals surface area contributed by atoms with Crippen molar-refractivity contribution in [2.24, 2.45) is 0 Å². The summed E-state index contributed by atoms with van der Waals surface area (Å²) in [7, 11) is -2.13. The Morgan fingerprint density at radius 2 is 1.59 bits per heavy atom. The van der Waals surface area contributed by atoms with E-state index < -0.39 is 10.0 Å². The molecule has 3 aliphatic heterocycles. The fourth-order valence-corrected chi connectivity index (χ4v) is 9.64. The topological polar surface area (TPSA) is 88.1 Å². The monoisotopic (exact) mass is 619 g/mol. The van der Waals surface area contributed by atoms with E-state index in [0.29, 0.717) is 34.3 Å². The van der Waals surface area contributed by atoms with Gasteiger partial charge in [0.25, 0.3) is 0 Å². The molecule has 2 aromatic carbocycles. The van der Waals surface area contributed by atoms with Crippen molar-refractivity contribution in [2.45, 2.75) is 75.3 Å². The Morgan fingerprint density at radius 1 is 0.909 bits per heavy atom. The Kier molecular flexibility index (Phi) is 9.12. The van der Waals surface area contributed by atoms with Gasteiger partial charge in [-0.05, 0) is 100 Å². The van der Waals surface area contributed by atoms with Gasteiger partial charge >= 0.3 is 6.01 Å². The second-order valence-electron chi connectivity index (χ2n) is 12.4. The highest BCUT2D eigenvalue weighted by Crippen LogP contribution is 2.41. The zero-order valence-electron chi connectivity index (χ0n) is 26.2. The van der Waals surface area contributed by atoms with Gasteiger partial charge in [-0.3, -0.25) is 4.90 Å². The molecule has 3 saturated heterocycles. The predicted octanol–water partition coefficient (Wildman–Crippen LogP) is 5.32. The highest BCUT2D eigenvalue weighted by atomic mass is 32.2. The van der Waals surface area contributed by atoms with E-state index in [1.165, 1.54) is 18.4 Å². The third-order valence-corrected chi connectivity index (χ3v) is 12.0. The predicted molar refractivity (Wildman–Crippen MR) is 172 cm³/mol. The van der Waals surface area contributed by atoms with Gasteiger partial charge in [0, 0.05) is 31.4 Å². The van der Waals surface area contributed by atoms with E-state index in [-0.39, 0.29) is 18.2 Å². The van der Waals surface area contributed by atoms with Gasteiger partial charge in [0.05, 0.1) is 18.0 Å². The summed E-state index contributed by atoms with van der Waals surface area (Å²) in [4.78, 5) is 14.6. The molecule has 0 amide bonds. The van der Waals surface area contributed by atoms with Crippen LogP contribution in [0.5, 0.6) is 11.8 Å². The fourth-order valence-electron chi connectivity index (χ4n) is 7.54. The van der Waals surface area contributed by atoms with Crippen molar-refractivity contribution >= 4 is 15.8 Å². The van der Waals surface area contributed by atoms with Crippen LogP contribution in [0.25, 0.3) is 0 Å². The minimum absolute atomic E-state index is 0.0666. The molecule has 6 rings (SSSR count). The molecule has 9 nitrogen and oxygen atoms in total. The van der Waals surface area contributed by atoms with Crippen molar-refractivity contribution in [3.05, 3.63) is 71.4 Å². The Bertz CT molecular complexity index is 1510. The quantitative estimate of drug-likeness (QED) is 0.318. The first-order chi connectivity index (χ1) is 21.3. The molecule has 3 fully saturated rings. The van der Waals surface area contributed by atoms with Crippen LogP contribution in [0.3, 0.4) is 0 Å². The maximum Gasteiger partial charge on any atom is 0.318 e. The molecule has 0 N–H and O–H groups in total. The Morgan fingerprint density at radius 3 is 2.27 bits per heavy atom. The van der Waals surface area contributed by atoms with E-state index in [1.807, 2.05) is 19.9 Å². The van der Waals surface area contributed by atoms with E-state index >= 15 is 0 Å². The third kappa shape index (κ3) is 6.04. The first kappa shape index (κ1) is 30.8. The zero-order valence-corrected chi connectivity index (χ0v) is 27.1. The van der Waals surface area contributed by atoms with Crippen molar-refractivity contribution in [1.29, 1.82) is 0 Å². The molecule has 3 aliphatic rings. The number of hydrogen-bond donors (Lipinski definition) is 0. The number of piperidine rings is 2. The summed E-state index contributed by atoms with van der Waals surface area (Å²) in [5.41, 5.74) is 2.86. The molecule has 1 atom stereocenters. The average Bonchev–Trinajstić information content (AvgIpc) is 3.60. The fraction of sp³-hybridized carbons (Fsp3) is 0.529. The molecule has 1 aromatic heterocycles. The van der Waals surface area contributed by atoms with Crippen molar-refractivity contribution in [3.63, 3.8) is 0 Å². The number of likely N-dealkylation sites (tertiary alicyclic amines) is 1. The van der Waals surface area contributed by atoms with E-state index in [9.17, 15) is 8.42 Å². The number of rotatable bonds is 9. The number of aromatic nitrogens is 2. The maximum absolute atomic E-state index is 13.9. The average molecular weight is 620 g/mol. The lowest BCUT2D eigenvalue weighted by atomic mass is 9.79. The van der Waals surface area contributed by atoms with Crippen LogP contribution in [0.2, 0.25) is 0 Å².